The lowest BCUT2D eigenvalue weighted by atomic mass is 9.75. The summed E-state index contributed by atoms with van der Waals surface area (Å²) >= 11 is 0. The van der Waals surface area contributed by atoms with Crippen LogP contribution in [0.4, 0.5) is 4.39 Å². The maximum absolute atomic E-state index is 14.1. The molecule has 0 saturated carbocycles. The van der Waals surface area contributed by atoms with Gasteiger partial charge in [0.05, 0.1) is 25.0 Å². The van der Waals surface area contributed by atoms with Crippen molar-refractivity contribution < 1.29 is 28.6 Å². The third-order valence-corrected chi connectivity index (χ3v) is 3.77. The summed E-state index contributed by atoms with van der Waals surface area (Å²) in [6.45, 7) is 0.155. The molecule has 2 rings (SSSR count). The highest BCUT2D eigenvalue weighted by Crippen LogP contribution is 2.40. The number of hydrogen-bond acceptors (Lipinski definition) is 4. The molecule has 118 valence electrons. The van der Waals surface area contributed by atoms with Crippen molar-refractivity contribution in [3.8, 4) is 0 Å². The predicted octanol–water partition coefficient (Wildman–Crippen LogP) is 0.943. The van der Waals surface area contributed by atoms with Crippen LogP contribution in [0.1, 0.15) is 18.4 Å². The Morgan fingerprint density at radius 1 is 1.41 bits per heavy atom. The summed E-state index contributed by atoms with van der Waals surface area (Å²) in [7, 11) is 1.42. The SMILES string of the molecule is COCCN1C(=O)C[C@@](CC(=O)O)(c2ccccc2F)C1=O. The second-order valence-corrected chi connectivity index (χ2v) is 5.15. The standard InChI is InChI=1S/C15H16FNO5/c1-22-7-6-17-12(18)8-15(14(17)21,9-13(19)20)10-4-2-3-5-11(10)16/h2-5H,6-9H2,1H3,(H,19,20)/t15-/m1/s1. The molecule has 0 radical (unpaired) electrons. The van der Waals surface area contributed by atoms with Gasteiger partial charge in [0, 0.05) is 19.1 Å². The van der Waals surface area contributed by atoms with Gasteiger partial charge in [-0.25, -0.2) is 4.39 Å². The largest absolute Gasteiger partial charge is 0.481 e. The predicted molar refractivity (Wildman–Crippen MR) is 73.5 cm³/mol. The number of likely N-dealkylation sites (tertiary alicyclic amines) is 1. The van der Waals surface area contributed by atoms with E-state index in [1.165, 1.54) is 25.3 Å². The number of nitrogens with zero attached hydrogens (tertiary/aromatic N) is 1. The minimum atomic E-state index is -1.69. The van der Waals surface area contributed by atoms with Gasteiger partial charge in [0.2, 0.25) is 11.8 Å². The van der Waals surface area contributed by atoms with Crippen LogP contribution >= 0.6 is 0 Å². The summed E-state index contributed by atoms with van der Waals surface area (Å²) in [5.74, 6) is -3.18. The third-order valence-electron chi connectivity index (χ3n) is 3.77. The van der Waals surface area contributed by atoms with E-state index in [1.807, 2.05) is 0 Å². The van der Waals surface area contributed by atoms with Crippen LogP contribution < -0.4 is 0 Å². The maximum Gasteiger partial charge on any atom is 0.304 e. The lowest BCUT2D eigenvalue weighted by Gasteiger charge is -2.26. The number of ether oxygens (including phenoxy) is 1. The molecule has 1 aliphatic rings. The van der Waals surface area contributed by atoms with Crippen molar-refractivity contribution in [2.24, 2.45) is 0 Å². The van der Waals surface area contributed by atoms with Crippen LogP contribution in [0.2, 0.25) is 0 Å². The number of carboxylic acids is 1. The Morgan fingerprint density at radius 3 is 2.68 bits per heavy atom. The van der Waals surface area contributed by atoms with Crippen LogP contribution in [-0.4, -0.2) is 48.1 Å². The van der Waals surface area contributed by atoms with Crippen molar-refractivity contribution in [3.63, 3.8) is 0 Å². The molecule has 1 atom stereocenters. The number of hydrogen-bond donors (Lipinski definition) is 1. The minimum absolute atomic E-state index is 0.0178. The Bertz CT molecular complexity index is 618. The van der Waals surface area contributed by atoms with E-state index in [-0.39, 0.29) is 25.1 Å². The van der Waals surface area contributed by atoms with Gasteiger partial charge in [-0.3, -0.25) is 19.3 Å². The van der Waals surface area contributed by atoms with E-state index in [0.717, 1.165) is 11.0 Å². The molecule has 1 saturated heterocycles. The first kappa shape index (κ1) is 16.1. The second kappa shape index (κ2) is 6.23. The van der Waals surface area contributed by atoms with E-state index in [2.05, 4.69) is 0 Å². The highest BCUT2D eigenvalue weighted by atomic mass is 19.1. The Labute approximate surface area is 126 Å². The topological polar surface area (TPSA) is 83.9 Å². The highest BCUT2D eigenvalue weighted by molar-refractivity contribution is 6.10. The fourth-order valence-electron chi connectivity index (χ4n) is 2.76. The molecule has 1 aromatic carbocycles. The second-order valence-electron chi connectivity index (χ2n) is 5.15. The molecule has 1 fully saturated rings. The summed E-state index contributed by atoms with van der Waals surface area (Å²) in [5, 5.41) is 9.13. The first-order chi connectivity index (χ1) is 10.4. The lowest BCUT2D eigenvalue weighted by Crippen LogP contribution is -2.41. The van der Waals surface area contributed by atoms with E-state index in [4.69, 9.17) is 9.84 Å². The van der Waals surface area contributed by atoms with Crippen molar-refractivity contribution >= 4 is 17.8 Å². The highest BCUT2D eigenvalue weighted by Gasteiger charge is 2.54. The van der Waals surface area contributed by atoms with Gasteiger partial charge in [-0.15, -0.1) is 0 Å². The summed E-state index contributed by atoms with van der Waals surface area (Å²) < 4.78 is 19.0. The molecule has 0 bridgehead atoms. The van der Waals surface area contributed by atoms with E-state index in [9.17, 15) is 18.8 Å². The fraction of sp³-hybridized carbons (Fsp3) is 0.400. The monoisotopic (exact) mass is 309 g/mol. The van der Waals surface area contributed by atoms with Gasteiger partial charge < -0.3 is 9.84 Å². The zero-order chi connectivity index (χ0) is 16.3. The summed E-state index contributed by atoms with van der Waals surface area (Å²) in [6.07, 6.45) is -0.995. The molecule has 1 N–H and O–H groups in total. The number of halogens is 1. The van der Waals surface area contributed by atoms with Crippen LogP contribution in [-0.2, 0) is 24.5 Å². The Hall–Kier alpha value is -2.28. The number of benzene rings is 1. The van der Waals surface area contributed by atoms with E-state index in [0.29, 0.717) is 0 Å². The summed E-state index contributed by atoms with van der Waals surface area (Å²) in [5.41, 5.74) is -1.75. The molecule has 0 aromatic heterocycles. The molecule has 1 heterocycles. The van der Waals surface area contributed by atoms with Crippen LogP contribution in [0.3, 0.4) is 0 Å². The maximum atomic E-state index is 14.1. The molecule has 1 aromatic rings. The zero-order valence-corrected chi connectivity index (χ0v) is 12.0. The van der Waals surface area contributed by atoms with Gasteiger partial charge >= 0.3 is 5.97 Å². The number of imide groups is 1. The van der Waals surface area contributed by atoms with Gasteiger partial charge in [0.1, 0.15) is 5.82 Å². The van der Waals surface area contributed by atoms with Gasteiger partial charge in [0.15, 0.2) is 0 Å². The average molecular weight is 309 g/mol. The van der Waals surface area contributed by atoms with Crippen LogP contribution in [0, 0.1) is 5.82 Å². The Morgan fingerprint density at radius 2 is 2.09 bits per heavy atom. The van der Waals surface area contributed by atoms with Crippen molar-refractivity contribution in [1.29, 1.82) is 0 Å². The van der Waals surface area contributed by atoms with Gasteiger partial charge in [-0.05, 0) is 6.07 Å². The zero-order valence-electron chi connectivity index (χ0n) is 12.0. The van der Waals surface area contributed by atoms with E-state index < -0.39 is 35.4 Å². The first-order valence-corrected chi connectivity index (χ1v) is 6.73. The fourth-order valence-corrected chi connectivity index (χ4v) is 2.76. The third kappa shape index (κ3) is 2.71. The molecule has 22 heavy (non-hydrogen) atoms. The van der Waals surface area contributed by atoms with Crippen LogP contribution in [0.5, 0.6) is 0 Å². The molecule has 0 unspecified atom stereocenters. The molecule has 0 spiro atoms. The van der Waals surface area contributed by atoms with E-state index in [1.54, 1.807) is 0 Å². The van der Waals surface area contributed by atoms with Crippen LogP contribution in [0.15, 0.2) is 24.3 Å². The number of rotatable bonds is 6. The quantitative estimate of drug-likeness (QED) is 0.791. The Kier molecular flexibility index (Phi) is 4.56. The van der Waals surface area contributed by atoms with Crippen molar-refractivity contribution in [1.82, 2.24) is 4.90 Å². The van der Waals surface area contributed by atoms with Crippen molar-refractivity contribution in [3.05, 3.63) is 35.6 Å². The number of carboxylic acid groups (broad SMARTS) is 1. The molecular formula is C15H16FNO5. The number of carbonyl (C=O) groups excluding carboxylic acids is 2. The molecule has 6 nitrogen and oxygen atoms in total. The van der Waals surface area contributed by atoms with Gasteiger partial charge in [-0.2, -0.15) is 0 Å². The van der Waals surface area contributed by atoms with Gasteiger partial charge in [-0.1, -0.05) is 18.2 Å². The number of methoxy groups -OCH3 is 1. The molecular weight excluding hydrogens is 293 g/mol. The molecule has 7 heteroatoms. The van der Waals surface area contributed by atoms with Gasteiger partial charge in [0.25, 0.3) is 0 Å². The molecule has 2 amide bonds. The average Bonchev–Trinajstić information content (AvgIpc) is 2.68. The first-order valence-electron chi connectivity index (χ1n) is 6.73. The number of aliphatic carboxylic acids is 1. The molecule has 0 aliphatic carbocycles. The minimum Gasteiger partial charge on any atom is -0.481 e. The normalized spacial score (nSPS) is 21.5. The van der Waals surface area contributed by atoms with Crippen molar-refractivity contribution in [2.45, 2.75) is 18.3 Å². The smallest absolute Gasteiger partial charge is 0.304 e. The summed E-state index contributed by atoms with van der Waals surface area (Å²) in [4.78, 5) is 36.9. The van der Waals surface area contributed by atoms with E-state index >= 15 is 0 Å². The molecule has 1 aliphatic heterocycles. The summed E-state index contributed by atoms with van der Waals surface area (Å²) in [6, 6.07) is 5.45. The lowest BCUT2D eigenvalue weighted by molar-refractivity contribution is -0.145. The van der Waals surface area contributed by atoms with Crippen LogP contribution in [0.25, 0.3) is 0 Å². The number of carbonyl (C=O) groups is 3. The van der Waals surface area contributed by atoms with Crippen molar-refractivity contribution in [2.75, 3.05) is 20.3 Å². The Balaban J connectivity index is 2.48. The number of amides is 2.